The van der Waals surface area contributed by atoms with Gasteiger partial charge in [-0.25, -0.2) is 0 Å². The van der Waals surface area contributed by atoms with Crippen molar-refractivity contribution < 1.29 is 13.9 Å². The Bertz CT molecular complexity index is 674. The Kier molecular flexibility index (Phi) is 5.17. The number of nitrogens with one attached hydrogen (secondary N) is 1. The van der Waals surface area contributed by atoms with Gasteiger partial charge in [0.25, 0.3) is 5.22 Å². The molecule has 0 radical (unpaired) electrons. The van der Waals surface area contributed by atoms with Gasteiger partial charge in [0.1, 0.15) is 5.75 Å². The molecule has 122 valence electrons. The van der Waals surface area contributed by atoms with Crippen LogP contribution in [-0.2, 0) is 11.2 Å². The number of carbonyl (C=O) groups excluding carboxylic acids is 1. The highest BCUT2D eigenvalue weighted by Gasteiger charge is 2.18. The smallest absolute Gasteiger partial charge is 0.277 e. The molecule has 0 saturated carbocycles. The number of hydrogen-bond donors (Lipinski definition) is 1. The lowest BCUT2D eigenvalue weighted by Crippen LogP contribution is -2.31. The lowest BCUT2D eigenvalue weighted by atomic mass is 9.97. The van der Waals surface area contributed by atoms with Crippen LogP contribution in [0.15, 0.2) is 33.9 Å². The van der Waals surface area contributed by atoms with E-state index in [-0.39, 0.29) is 11.7 Å². The number of fused-ring (bicyclic) bond motifs is 1. The Labute approximate surface area is 139 Å². The van der Waals surface area contributed by atoms with E-state index in [9.17, 15) is 4.79 Å². The second kappa shape index (κ2) is 7.50. The van der Waals surface area contributed by atoms with Crippen molar-refractivity contribution in [1.82, 2.24) is 15.5 Å². The second-order valence-electron chi connectivity index (χ2n) is 5.49. The van der Waals surface area contributed by atoms with Crippen molar-refractivity contribution in [1.29, 1.82) is 0 Å². The van der Waals surface area contributed by atoms with Crippen molar-refractivity contribution in [3.63, 3.8) is 0 Å². The summed E-state index contributed by atoms with van der Waals surface area (Å²) in [5, 5.41) is 11.0. The maximum atomic E-state index is 11.9. The van der Waals surface area contributed by atoms with Crippen LogP contribution in [0.25, 0.3) is 0 Å². The first-order valence-electron chi connectivity index (χ1n) is 7.61. The van der Waals surface area contributed by atoms with Crippen molar-refractivity contribution in [3.05, 3.63) is 35.7 Å². The first-order chi connectivity index (χ1) is 11.2. The van der Waals surface area contributed by atoms with Crippen molar-refractivity contribution in [3.8, 4) is 5.75 Å². The van der Waals surface area contributed by atoms with Crippen LogP contribution >= 0.6 is 11.8 Å². The van der Waals surface area contributed by atoms with Gasteiger partial charge in [-0.15, -0.1) is 10.2 Å². The Balaban J connectivity index is 1.45. The number of carbonyl (C=O) groups is 1. The van der Waals surface area contributed by atoms with E-state index < -0.39 is 0 Å². The van der Waals surface area contributed by atoms with Crippen LogP contribution in [0.2, 0.25) is 0 Å². The number of hydrogen-bond acceptors (Lipinski definition) is 6. The van der Waals surface area contributed by atoms with E-state index in [4.69, 9.17) is 9.15 Å². The topological polar surface area (TPSA) is 77.2 Å². The maximum Gasteiger partial charge on any atom is 0.277 e. The average Bonchev–Trinajstić information content (AvgIpc) is 2.86. The fourth-order valence-corrected chi connectivity index (χ4v) is 3.14. The van der Waals surface area contributed by atoms with Gasteiger partial charge >= 0.3 is 0 Å². The molecular formula is C16H19N3O3S. The van der Waals surface area contributed by atoms with Crippen molar-refractivity contribution in [2.45, 2.75) is 25.0 Å². The number of thioether (sulfide) groups is 1. The van der Waals surface area contributed by atoms with Crippen LogP contribution in [-0.4, -0.2) is 35.0 Å². The number of aromatic nitrogens is 2. The van der Waals surface area contributed by atoms with Crippen LogP contribution in [0.4, 0.5) is 0 Å². The number of nitrogens with zero attached hydrogens (tertiary/aromatic N) is 2. The van der Waals surface area contributed by atoms with Gasteiger partial charge in [0.2, 0.25) is 11.8 Å². The van der Waals surface area contributed by atoms with Crippen LogP contribution in [0.5, 0.6) is 5.75 Å². The summed E-state index contributed by atoms with van der Waals surface area (Å²) in [5.41, 5.74) is 1.21. The summed E-state index contributed by atoms with van der Waals surface area (Å²) in [6.45, 7) is 3.07. The average molecular weight is 333 g/mol. The lowest BCUT2D eigenvalue weighted by molar-refractivity contribution is -0.118. The molecule has 1 aromatic carbocycles. The quantitative estimate of drug-likeness (QED) is 0.846. The van der Waals surface area contributed by atoms with Crippen molar-refractivity contribution >= 4 is 17.7 Å². The maximum absolute atomic E-state index is 11.9. The van der Waals surface area contributed by atoms with E-state index in [1.165, 1.54) is 17.3 Å². The van der Waals surface area contributed by atoms with Crippen LogP contribution in [0.3, 0.4) is 0 Å². The molecule has 1 amide bonds. The largest absolute Gasteiger partial charge is 0.493 e. The summed E-state index contributed by atoms with van der Waals surface area (Å²) in [6, 6.07) is 8.09. The van der Waals surface area contributed by atoms with Crippen LogP contribution in [0.1, 0.15) is 17.9 Å². The molecule has 6 nitrogen and oxygen atoms in total. The Morgan fingerprint density at radius 2 is 2.26 bits per heavy atom. The Hall–Kier alpha value is -2.02. The summed E-state index contributed by atoms with van der Waals surface area (Å²) >= 11 is 1.25. The molecule has 1 aliphatic heterocycles. The summed E-state index contributed by atoms with van der Waals surface area (Å²) < 4.78 is 11.0. The zero-order valence-corrected chi connectivity index (χ0v) is 13.8. The molecule has 1 aliphatic rings. The summed E-state index contributed by atoms with van der Waals surface area (Å²) in [5.74, 6) is 2.11. The van der Waals surface area contributed by atoms with E-state index in [1.807, 2.05) is 18.2 Å². The highest BCUT2D eigenvalue weighted by Crippen LogP contribution is 2.26. The summed E-state index contributed by atoms with van der Waals surface area (Å²) in [6.07, 6.45) is 1.86. The van der Waals surface area contributed by atoms with E-state index in [2.05, 4.69) is 21.6 Å². The van der Waals surface area contributed by atoms with Gasteiger partial charge in [-0.05, 0) is 30.4 Å². The van der Waals surface area contributed by atoms with E-state index in [0.717, 1.165) is 18.6 Å². The highest BCUT2D eigenvalue weighted by molar-refractivity contribution is 7.99. The summed E-state index contributed by atoms with van der Waals surface area (Å²) in [7, 11) is 0. The third-order valence-corrected chi connectivity index (χ3v) is 4.51. The number of amides is 1. The molecule has 1 N–H and O–H groups in total. The zero-order chi connectivity index (χ0) is 16.1. The van der Waals surface area contributed by atoms with Gasteiger partial charge < -0.3 is 14.5 Å². The molecule has 1 aromatic heterocycles. The molecule has 0 unspecified atom stereocenters. The molecule has 3 rings (SSSR count). The first-order valence-corrected chi connectivity index (χ1v) is 8.59. The predicted octanol–water partition coefficient (Wildman–Crippen LogP) is 2.23. The van der Waals surface area contributed by atoms with Crippen LogP contribution in [0, 0.1) is 12.8 Å². The number of rotatable bonds is 5. The fourth-order valence-electron chi connectivity index (χ4n) is 2.51. The normalized spacial score (nSPS) is 17.0. The zero-order valence-electron chi connectivity index (χ0n) is 12.9. The molecule has 0 fully saturated rings. The Morgan fingerprint density at radius 3 is 3.09 bits per heavy atom. The van der Waals surface area contributed by atoms with E-state index >= 15 is 0 Å². The molecule has 7 heteroatoms. The third-order valence-electron chi connectivity index (χ3n) is 3.69. The molecule has 0 spiro atoms. The third kappa shape index (κ3) is 4.48. The molecule has 2 heterocycles. The van der Waals surface area contributed by atoms with Gasteiger partial charge in [0.15, 0.2) is 0 Å². The minimum absolute atomic E-state index is 0.0238. The number of ether oxygens (including phenoxy) is 1. The number of benzene rings is 1. The molecule has 0 bridgehead atoms. The molecule has 1 atom stereocenters. The lowest BCUT2D eigenvalue weighted by Gasteiger charge is -2.14. The van der Waals surface area contributed by atoms with Gasteiger partial charge in [0.05, 0.1) is 12.4 Å². The monoisotopic (exact) mass is 333 g/mol. The minimum atomic E-state index is -0.0238. The van der Waals surface area contributed by atoms with Gasteiger partial charge in [-0.3, -0.25) is 4.79 Å². The van der Waals surface area contributed by atoms with Gasteiger partial charge in [0, 0.05) is 13.5 Å². The van der Waals surface area contributed by atoms with Crippen molar-refractivity contribution in [2.75, 3.05) is 18.9 Å². The van der Waals surface area contributed by atoms with E-state index in [0.29, 0.717) is 30.2 Å². The summed E-state index contributed by atoms with van der Waals surface area (Å²) in [4.78, 5) is 11.9. The SMILES string of the molecule is Cc1nnc(SCC(=O)NC[C@H]2CCOc3ccccc3C2)o1. The molecule has 2 aromatic rings. The van der Waals surface area contributed by atoms with Crippen LogP contribution < -0.4 is 10.1 Å². The molecule has 0 aliphatic carbocycles. The molecule has 0 saturated heterocycles. The highest BCUT2D eigenvalue weighted by atomic mass is 32.2. The minimum Gasteiger partial charge on any atom is -0.493 e. The number of para-hydroxylation sites is 1. The molecule has 23 heavy (non-hydrogen) atoms. The van der Waals surface area contributed by atoms with Gasteiger partial charge in [-0.1, -0.05) is 30.0 Å². The van der Waals surface area contributed by atoms with E-state index in [1.54, 1.807) is 6.92 Å². The second-order valence-corrected chi connectivity index (χ2v) is 6.42. The Morgan fingerprint density at radius 1 is 1.39 bits per heavy atom. The standard InChI is InChI=1S/C16H19N3O3S/c1-11-18-19-16(22-11)23-10-15(20)17-9-12-6-7-21-14-5-3-2-4-13(14)8-12/h2-5,12H,6-10H2,1H3,(H,17,20)/t12-/m0/s1. The van der Waals surface area contributed by atoms with Crippen molar-refractivity contribution in [2.24, 2.45) is 5.92 Å². The first kappa shape index (κ1) is 15.9. The fraction of sp³-hybridized carbons (Fsp3) is 0.438. The molecular weight excluding hydrogens is 314 g/mol. The predicted molar refractivity (Wildman–Crippen MR) is 86.5 cm³/mol. The number of aryl methyl sites for hydroxylation is 1. The van der Waals surface area contributed by atoms with Gasteiger partial charge in [-0.2, -0.15) is 0 Å².